The van der Waals surface area contributed by atoms with Crippen LogP contribution in [0.2, 0.25) is 0 Å². The largest absolute Gasteiger partial charge is 0.379 e. The zero-order chi connectivity index (χ0) is 22.9. The van der Waals surface area contributed by atoms with Crippen LogP contribution in [0.25, 0.3) is 0 Å². The zero-order valence-corrected chi connectivity index (χ0v) is 18.8. The molecule has 1 aromatic heterocycles. The second kappa shape index (κ2) is 8.94. The lowest BCUT2D eigenvalue weighted by Crippen LogP contribution is -2.52. The van der Waals surface area contributed by atoms with Gasteiger partial charge in [0.25, 0.3) is 5.91 Å². The van der Waals surface area contributed by atoms with Gasteiger partial charge in [0, 0.05) is 31.3 Å². The van der Waals surface area contributed by atoms with Crippen molar-refractivity contribution in [3.05, 3.63) is 58.4 Å². The van der Waals surface area contributed by atoms with E-state index in [4.69, 9.17) is 0 Å². The number of hydrogen-bond donors (Lipinski definition) is 3. The number of rotatable bonds is 5. The Balaban J connectivity index is 1.33. The molecule has 8 nitrogen and oxygen atoms in total. The predicted octanol–water partition coefficient (Wildman–Crippen LogP) is 2.23. The number of nitrogens with one attached hydrogen (secondary N) is 3. The number of fused-ring (bicyclic) bond motifs is 1. The Bertz CT molecular complexity index is 1110. The van der Waals surface area contributed by atoms with Crippen molar-refractivity contribution in [1.82, 2.24) is 20.5 Å². The first kappa shape index (κ1) is 21.6. The number of nitrogens with zero attached hydrogens (tertiary/aromatic N) is 2. The minimum Gasteiger partial charge on any atom is -0.379 e. The highest BCUT2D eigenvalue weighted by molar-refractivity contribution is 6.05. The number of carbonyl (C=O) groups excluding carboxylic acids is 3. The van der Waals surface area contributed by atoms with Gasteiger partial charge in [-0.05, 0) is 74.0 Å². The van der Waals surface area contributed by atoms with Crippen LogP contribution in [0.1, 0.15) is 64.3 Å². The molecular weight excluding hydrogens is 418 g/mol. The van der Waals surface area contributed by atoms with Crippen LogP contribution in [-0.4, -0.2) is 46.7 Å². The molecule has 2 fully saturated rings. The molecule has 0 bridgehead atoms. The van der Waals surface area contributed by atoms with Crippen molar-refractivity contribution < 1.29 is 14.4 Å². The molecule has 0 radical (unpaired) electrons. The normalized spacial score (nSPS) is 21.2. The van der Waals surface area contributed by atoms with Crippen LogP contribution in [0.15, 0.2) is 30.5 Å². The van der Waals surface area contributed by atoms with E-state index in [1.165, 1.54) is 5.56 Å². The Morgan fingerprint density at radius 3 is 2.76 bits per heavy atom. The van der Waals surface area contributed by atoms with Crippen LogP contribution in [0.5, 0.6) is 0 Å². The number of pyridine rings is 1. The molecule has 0 aliphatic carbocycles. The molecule has 3 aliphatic rings. The fourth-order valence-electron chi connectivity index (χ4n) is 5.11. The molecule has 1 aromatic carbocycles. The van der Waals surface area contributed by atoms with E-state index in [-0.39, 0.29) is 24.1 Å². The number of amides is 3. The monoisotopic (exact) mass is 447 g/mol. The zero-order valence-electron chi connectivity index (χ0n) is 18.8. The van der Waals surface area contributed by atoms with Crippen LogP contribution in [0.3, 0.4) is 0 Å². The van der Waals surface area contributed by atoms with Gasteiger partial charge >= 0.3 is 0 Å². The number of aromatic nitrogens is 1. The van der Waals surface area contributed by atoms with Crippen LogP contribution in [-0.2, 0) is 22.7 Å². The van der Waals surface area contributed by atoms with E-state index in [1.54, 1.807) is 4.90 Å². The summed E-state index contributed by atoms with van der Waals surface area (Å²) in [5, 5.41) is 9.30. The van der Waals surface area contributed by atoms with E-state index in [1.807, 2.05) is 31.3 Å². The standard InChI is InChI=1S/C25H29N5O3/c1-15-21(11-18(13-27-15)16-7-9-26-10-8-16)28-12-17-3-2-4-19-20(17)14-30(25(19)33)22-5-6-23(31)29-24(22)32/h2-4,11,13,16,22,26,28H,5-10,12,14H2,1H3,(H,29,31,32). The van der Waals surface area contributed by atoms with Crippen LogP contribution in [0, 0.1) is 6.92 Å². The molecule has 8 heteroatoms. The second-order valence-corrected chi connectivity index (χ2v) is 9.12. The van der Waals surface area contributed by atoms with Crippen molar-refractivity contribution >= 4 is 23.4 Å². The lowest BCUT2D eigenvalue weighted by Gasteiger charge is -2.29. The van der Waals surface area contributed by atoms with Gasteiger partial charge < -0.3 is 15.5 Å². The van der Waals surface area contributed by atoms with Crippen LogP contribution in [0.4, 0.5) is 5.69 Å². The third-order valence-electron chi connectivity index (χ3n) is 7.07. The molecule has 3 aliphatic heterocycles. The van der Waals surface area contributed by atoms with Crippen molar-refractivity contribution in [3.63, 3.8) is 0 Å². The van der Waals surface area contributed by atoms with Crippen molar-refractivity contribution in [2.45, 2.75) is 57.7 Å². The summed E-state index contributed by atoms with van der Waals surface area (Å²) >= 11 is 0. The topological polar surface area (TPSA) is 103 Å². The third-order valence-corrected chi connectivity index (χ3v) is 7.07. The number of hydrogen-bond acceptors (Lipinski definition) is 6. The molecule has 4 heterocycles. The molecule has 2 saturated heterocycles. The molecular formula is C25H29N5O3. The van der Waals surface area contributed by atoms with Gasteiger partial charge in [-0.15, -0.1) is 0 Å². The van der Waals surface area contributed by atoms with Gasteiger partial charge in [0.1, 0.15) is 6.04 Å². The average molecular weight is 448 g/mol. The van der Waals surface area contributed by atoms with Crippen molar-refractivity contribution in [2.75, 3.05) is 18.4 Å². The second-order valence-electron chi connectivity index (χ2n) is 9.12. The van der Waals surface area contributed by atoms with Gasteiger partial charge in [-0.3, -0.25) is 24.7 Å². The van der Waals surface area contributed by atoms with Gasteiger partial charge in [-0.2, -0.15) is 0 Å². The first-order valence-electron chi connectivity index (χ1n) is 11.7. The molecule has 5 rings (SSSR count). The Morgan fingerprint density at radius 1 is 1.15 bits per heavy atom. The summed E-state index contributed by atoms with van der Waals surface area (Å²) in [5.74, 6) is -0.280. The first-order valence-corrected chi connectivity index (χ1v) is 11.7. The van der Waals surface area contributed by atoms with Gasteiger partial charge in [0.05, 0.1) is 11.4 Å². The number of anilines is 1. The minimum atomic E-state index is -0.600. The molecule has 2 aromatic rings. The molecule has 3 amide bonds. The van der Waals surface area contributed by atoms with Crippen molar-refractivity contribution in [2.24, 2.45) is 0 Å². The highest BCUT2D eigenvalue weighted by Crippen LogP contribution is 2.31. The molecule has 1 atom stereocenters. The molecule has 0 saturated carbocycles. The molecule has 3 N–H and O–H groups in total. The van der Waals surface area contributed by atoms with E-state index in [0.717, 1.165) is 48.4 Å². The number of imide groups is 1. The number of carbonyl (C=O) groups is 3. The highest BCUT2D eigenvalue weighted by atomic mass is 16.2. The van der Waals surface area contributed by atoms with Crippen LogP contribution >= 0.6 is 0 Å². The summed E-state index contributed by atoms with van der Waals surface area (Å²) in [4.78, 5) is 43.1. The summed E-state index contributed by atoms with van der Waals surface area (Å²) in [5.41, 5.74) is 5.83. The van der Waals surface area contributed by atoms with E-state index in [9.17, 15) is 14.4 Å². The summed E-state index contributed by atoms with van der Waals surface area (Å²) < 4.78 is 0. The summed E-state index contributed by atoms with van der Waals surface area (Å²) in [6.45, 7) is 5.02. The Morgan fingerprint density at radius 2 is 1.97 bits per heavy atom. The maximum Gasteiger partial charge on any atom is 0.255 e. The number of benzene rings is 1. The molecule has 172 valence electrons. The smallest absolute Gasteiger partial charge is 0.255 e. The Labute approximate surface area is 193 Å². The quantitative estimate of drug-likeness (QED) is 0.608. The number of piperidine rings is 2. The van der Waals surface area contributed by atoms with Gasteiger partial charge in [-0.25, -0.2) is 0 Å². The molecule has 1 unspecified atom stereocenters. The summed E-state index contributed by atoms with van der Waals surface area (Å²) in [7, 11) is 0. The molecule has 33 heavy (non-hydrogen) atoms. The predicted molar refractivity (Wildman–Crippen MR) is 124 cm³/mol. The van der Waals surface area contributed by atoms with Gasteiger partial charge in [-0.1, -0.05) is 12.1 Å². The van der Waals surface area contributed by atoms with E-state index in [0.29, 0.717) is 31.0 Å². The average Bonchev–Trinajstić information content (AvgIpc) is 3.16. The lowest BCUT2D eigenvalue weighted by atomic mass is 9.91. The van der Waals surface area contributed by atoms with Crippen molar-refractivity contribution in [1.29, 1.82) is 0 Å². The summed E-state index contributed by atoms with van der Waals surface area (Å²) in [6, 6.07) is 7.33. The van der Waals surface area contributed by atoms with E-state index in [2.05, 4.69) is 27.0 Å². The SMILES string of the molecule is Cc1ncc(C2CCNCC2)cc1NCc1cccc2c1CN(C1CCC(=O)NC1=O)C2=O. The van der Waals surface area contributed by atoms with Crippen LogP contribution < -0.4 is 16.0 Å². The van der Waals surface area contributed by atoms with Crippen molar-refractivity contribution in [3.8, 4) is 0 Å². The van der Waals surface area contributed by atoms with Gasteiger partial charge in [0.2, 0.25) is 11.8 Å². The van der Waals surface area contributed by atoms with E-state index < -0.39 is 6.04 Å². The third kappa shape index (κ3) is 4.23. The fraction of sp³-hybridized carbons (Fsp3) is 0.440. The number of aryl methyl sites for hydroxylation is 1. The maximum absolute atomic E-state index is 13.0. The summed E-state index contributed by atoms with van der Waals surface area (Å²) in [6.07, 6.45) is 4.85. The highest BCUT2D eigenvalue weighted by Gasteiger charge is 2.39. The van der Waals surface area contributed by atoms with Gasteiger partial charge in [0.15, 0.2) is 0 Å². The Kier molecular flexibility index (Phi) is 5.85. The Hall–Kier alpha value is -3.26. The lowest BCUT2D eigenvalue weighted by molar-refractivity contribution is -0.136. The maximum atomic E-state index is 13.0. The fourth-order valence-corrected chi connectivity index (χ4v) is 5.11. The minimum absolute atomic E-state index is 0.146. The van der Waals surface area contributed by atoms with E-state index >= 15 is 0 Å². The first-order chi connectivity index (χ1) is 16.0. The molecule has 0 spiro atoms.